The summed E-state index contributed by atoms with van der Waals surface area (Å²) in [6.45, 7) is 11.9. The molecule has 0 heterocycles. The van der Waals surface area contributed by atoms with E-state index in [0.29, 0.717) is 5.41 Å². The van der Waals surface area contributed by atoms with Crippen LogP contribution in [0.2, 0.25) is 0 Å². The lowest BCUT2D eigenvalue weighted by Gasteiger charge is -2.22. The molecule has 55 valence electrons. The Bertz CT molecular complexity index is 67.0. The summed E-state index contributed by atoms with van der Waals surface area (Å²) in [6.07, 6.45) is 1.23. The second-order valence-electron chi connectivity index (χ2n) is 3.19. The van der Waals surface area contributed by atoms with Crippen LogP contribution in [0.1, 0.15) is 34.1 Å². The van der Waals surface area contributed by atoms with Crippen molar-refractivity contribution < 1.29 is 0 Å². The van der Waals surface area contributed by atoms with Crippen LogP contribution in [0.15, 0.2) is 0 Å². The van der Waals surface area contributed by atoms with E-state index in [1.165, 1.54) is 6.42 Å². The molecule has 1 radical (unpaired) electrons. The monoisotopic (exact) mass is 128 g/mol. The highest BCUT2D eigenvalue weighted by molar-refractivity contribution is 4.70. The fourth-order valence-corrected chi connectivity index (χ4v) is 0.503. The van der Waals surface area contributed by atoms with Crippen molar-refractivity contribution in [3.63, 3.8) is 0 Å². The zero-order valence-electron chi connectivity index (χ0n) is 6.99. The van der Waals surface area contributed by atoms with Gasteiger partial charge < -0.3 is 5.32 Å². The lowest BCUT2D eigenvalue weighted by Crippen LogP contribution is -2.26. The van der Waals surface area contributed by atoms with Gasteiger partial charge in [-0.05, 0) is 18.8 Å². The lowest BCUT2D eigenvalue weighted by atomic mass is 9.90. The van der Waals surface area contributed by atoms with Crippen LogP contribution >= 0.6 is 0 Å². The SMILES string of the molecule is C[CH]NCC(C)(C)CC. The van der Waals surface area contributed by atoms with Crippen molar-refractivity contribution >= 4 is 0 Å². The van der Waals surface area contributed by atoms with Gasteiger partial charge in [0.2, 0.25) is 0 Å². The van der Waals surface area contributed by atoms with Gasteiger partial charge in [-0.3, -0.25) is 0 Å². The molecule has 0 aromatic rings. The standard InChI is InChI=1S/C8H18N/c1-5-8(3,4)7-9-6-2/h6,9H,5,7H2,1-4H3. The highest BCUT2D eigenvalue weighted by Gasteiger charge is 2.12. The minimum Gasteiger partial charge on any atom is -0.312 e. The predicted octanol–water partition coefficient (Wildman–Crippen LogP) is 2.19. The van der Waals surface area contributed by atoms with Crippen LogP contribution in [0.5, 0.6) is 0 Å². The van der Waals surface area contributed by atoms with E-state index in [4.69, 9.17) is 0 Å². The molecule has 0 aliphatic rings. The number of nitrogens with one attached hydrogen (secondary N) is 1. The van der Waals surface area contributed by atoms with Gasteiger partial charge in [-0.2, -0.15) is 0 Å². The smallest absolute Gasteiger partial charge is 0.0190 e. The molecule has 0 aromatic carbocycles. The van der Waals surface area contributed by atoms with E-state index in [1.54, 1.807) is 0 Å². The molecule has 0 unspecified atom stereocenters. The summed E-state index contributed by atoms with van der Waals surface area (Å²) in [5.74, 6) is 0. The first-order chi connectivity index (χ1) is 4.12. The average molecular weight is 128 g/mol. The highest BCUT2D eigenvalue weighted by atomic mass is 14.9. The van der Waals surface area contributed by atoms with Crippen molar-refractivity contribution in [1.29, 1.82) is 0 Å². The second kappa shape index (κ2) is 3.89. The van der Waals surface area contributed by atoms with Crippen LogP contribution < -0.4 is 5.32 Å². The number of rotatable bonds is 4. The van der Waals surface area contributed by atoms with E-state index < -0.39 is 0 Å². The van der Waals surface area contributed by atoms with Crippen molar-refractivity contribution in [2.24, 2.45) is 5.41 Å². The Morgan fingerprint density at radius 3 is 2.33 bits per heavy atom. The van der Waals surface area contributed by atoms with Gasteiger partial charge in [0.1, 0.15) is 0 Å². The Kier molecular flexibility index (Phi) is 3.87. The second-order valence-corrected chi connectivity index (χ2v) is 3.19. The molecular weight excluding hydrogens is 110 g/mol. The third-order valence-electron chi connectivity index (χ3n) is 1.74. The Morgan fingerprint density at radius 1 is 1.44 bits per heavy atom. The first-order valence-corrected chi connectivity index (χ1v) is 3.63. The van der Waals surface area contributed by atoms with E-state index in [0.717, 1.165) is 6.54 Å². The number of hydrogen-bond donors (Lipinski definition) is 1. The van der Waals surface area contributed by atoms with E-state index in [-0.39, 0.29) is 0 Å². The molecule has 0 aromatic heterocycles. The van der Waals surface area contributed by atoms with Gasteiger partial charge in [-0.1, -0.05) is 20.8 Å². The van der Waals surface area contributed by atoms with E-state index in [1.807, 2.05) is 13.5 Å². The van der Waals surface area contributed by atoms with E-state index in [9.17, 15) is 0 Å². The molecule has 1 N–H and O–H groups in total. The van der Waals surface area contributed by atoms with E-state index >= 15 is 0 Å². The van der Waals surface area contributed by atoms with Crippen LogP contribution in [-0.4, -0.2) is 6.54 Å². The summed E-state index contributed by atoms with van der Waals surface area (Å²) in [7, 11) is 0. The van der Waals surface area contributed by atoms with Crippen LogP contribution in [0.3, 0.4) is 0 Å². The minimum absolute atomic E-state index is 0.451. The molecule has 1 heteroatoms. The maximum Gasteiger partial charge on any atom is 0.0190 e. The zero-order chi connectivity index (χ0) is 7.33. The molecule has 0 fully saturated rings. The van der Waals surface area contributed by atoms with Crippen molar-refractivity contribution in [3.05, 3.63) is 6.54 Å². The van der Waals surface area contributed by atoms with Gasteiger partial charge >= 0.3 is 0 Å². The quantitative estimate of drug-likeness (QED) is 0.612. The first-order valence-electron chi connectivity index (χ1n) is 3.63. The van der Waals surface area contributed by atoms with Crippen LogP contribution in [-0.2, 0) is 0 Å². The van der Waals surface area contributed by atoms with E-state index in [2.05, 4.69) is 26.1 Å². The maximum atomic E-state index is 3.21. The summed E-state index contributed by atoms with van der Waals surface area (Å²) in [5.41, 5.74) is 0.451. The fourth-order valence-electron chi connectivity index (χ4n) is 0.503. The summed E-state index contributed by atoms with van der Waals surface area (Å²) < 4.78 is 0. The lowest BCUT2D eigenvalue weighted by molar-refractivity contribution is 0.339. The molecular formula is C8H18N. The van der Waals surface area contributed by atoms with Crippen molar-refractivity contribution in [3.8, 4) is 0 Å². The van der Waals surface area contributed by atoms with Crippen LogP contribution in [0.4, 0.5) is 0 Å². The first kappa shape index (κ1) is 8.96. The third kappa shape index (κ3) is 4.46. The zero-order valence-corrected chi connectivity index (χ0v) is 6.99. The third-order valence-corrected chi connectivity index (χ3v) is 1.74. The summed E-state index contributed by atoms with van der Waals surface area (Å²) in [6, 6.07) is 0. The topological polar surface area (TPSA) is 12.0 Å². The molecule has 0 amide bonds. The summed E-state index contributed by atoms with van der Waals surface area (Å²) in [5, 5.41) is 3.21. The molecule has 0 aliphatic carbocycles. The molecule has 9 heavy (non-hydrogen) atoms. The van der Waals surface area contributed by atoms with Gasteiger partial charge in [0.25, 0.3) is 0 Å². The van der Waals surface area contributed by atoms with Gasteiger partial charge in [-0.15, -0.1) is 0 Å². The van der Waals surface area contributed by atoms with Crippen molar-refractivity contribution in [2.45, 2.75) is 34.1 Å². The molecule has 0 saturated carbocycles. The molecule has 0 spiro atoms. The van der Waals surface area contributed by atoms with Gasteiger partial charge in [0.05, 0.1) is 0 Å². The van der Waals surface area contributed by atoms with Crippen LogP contribution in [0, 0.1) is 12.0 Å². The van der Waals surface area contributed by atoms with Gasteiger partial charge in [0, 0.05) is 13.1 Å². The molecule has 0 rings (SSSR count). The summed E-state index contributed by atoms with van der Waals surface area (Å²) in [4.78, 5) is 0. The van der Waals surface area contributed by atoms with Gasteiger partial charge in [-0.25, -0.2) is 0 Å². The molecule has 0 saturated heterocycles. The van der Waals surface area contributed by atoms with Crippen molar-refractivity contribution in [1.82, 2.24) is 5.32 Å². The molecule has 1 nitrogen and oxygen atoms in total. The van der Waals surface area contributed by atoms with Gasteiger partial charge in [0.15, 0.2) is 0 Å². The normalized spacial score (nSPS) is 12.0. The molecule has 0 bridgehead atoms. The minimum atomic E-state index is 0.451. The fraction of sp³-hybridized carbons (Fsp3) is 0.875. The summed E-state index contributed by atoms with van der Waals surface area (Å²) >= 11 is 0. The Labute approximate surface area is 58.8 Å². The molecule has 0 aliphatic heterocycles. The Morgan fingerprint density at radius 2 is 2.00 bits per heavy atom. The maximum absolute atomic E-state index is 3.21. The Balaban J connectivity index is 3.33. The molecule has 0 atom stereocenters. The van der Waals surface area contributed by atoms with Crippen LogP contribution in [0.25, 0.3) is 0 Å². The largest absolute Gasteiger partial charge is 0.312 e. The average Bonchev–Trinajstić information content (AvgIpc) is 1.84. The van der Waals surface area contributed by atoms with Crippen molar-refractivity contribution in [2.75, 3.05) is 6.54 Å². The highest BCUT2D eigenvalue weighted by Crippen LogP contribution is 2.17. The number of hydrogen-bond acceptors (Lipinski definition) is 1. The predicted molar refractivity (Wildman–Crippen MR) is 42.0 cm³/mol. The Hall–Kier alpha value is -0.0400.